The number of rotatable bonds is 5. The van der Waals surface area contributed by atoms with Crippen molar-refractivity contribution in [2.45, 2.75) is 90.5 Å². The van der Waals surface area contributed by atoms with Crippen LogP contribution in [0.1, 0.15) is 73.6 Å². The maximum absolute atomic E-state index is 15.3. The van der Waals surface area contributed by atoms with Crippen molar-refractivity contribution < 1.29 is 9.13 Å². The van der Waals surface area contributed by atoms with Crippen LogP contribution in [0.25, 0.3) is 0 Å². The molecular weight excluding hydrogens is 315 g/mol. The maximum atomic E-state index is 15.3. The van der Waals surface area contributed by atoms with Gasteiger partial charge in [-0.2, -0.15) is 0 Å². The van der Waals surface area contributed by atoms with Gasteiger partial charge in [0, 0.05) is 25.2 Å². The Balaban J connectivity index is 1.69. The van der Waals surface area contributed by atoms with Crippen LogP contribution in [-0.2, 0) is 4.74 Å². The van der Waals surface area contributed by atoms with Crippen LogP contribution in [0.2, 0.25) is 0 Å². The summed E-state index contributed by atoms with van der Waals surface area (Å²) in [6.45, 7) is 18.8. The third-order valence-electron chi connectivity index (χ3n) is 5.91. The van der Waals surface area contributed by atoms with Gasteiger partial charge in [0.1, 0.15) is 5.67 Å². The van der Waals surface area contributed by atoms with E-state index in [0.29, 0.717) is 18.8 Å². The first kappa shape index (κ1) is 21.1. The molecular formula is C21H41FN2O. The number of halogens is 1. The second kappa shape index (κ2) is 8.22. The van der Waals surface area contributed by atoms with Crippen LogP contribution >= 0.6 is 0 Å². The van der Waals surface area contributed by atoms with E-state index in [2.05, 4.69) is 51.3 Å². The van der Waals surface area contributed by atoms with Crippen LogP contribution < -0.4 is 0 Å². The van der Waals surface area contributed by atoms with Crippen molar-refractivity contribution in [2.75, 3.05) is 39.3 Å². The fourth-order valence-corrected chi connectivity index (χ4v) is 4.19. The van der Waals surface area contributed by atoms with Gasteiger partial charge in [-0.15, -0.1) is 0 Å². The van der Waals surface area contributed by atoms with Crippen LogP contribution in [0.15, 0.2) is 0 Å². The fourth-order valence-electron chi connectivity index (χ4n) is 4.19. The molecule has 2 aliphatic rings. The molecule has 148 valence electrons. The third-order valence-corrected chi connectivity index (χ3v) is 5.91. The summed E-state index contributed by atoms with van der Waals surface area (Å²) >= 11 is 0. The molecule has 0 aliphatic carbocycles. The molecule has 2 fully saturated rings. The first-order chi connectivity index (χ1) is 11.5. The molecule has 4 heteroatoms. The lowest BCUT2D eigenvalue weighted by atomic mass is 9.80. The van der Waals surface area contributed by atoms with Gasteiger partial charge >= 0.3 is 0 Å². The van der Waals surface area contributed by atoms with Gasteiger partial charge in [0.15, 0.2) is 0 Å². The van der Waals surface area contributed by atoms with Crippen LogP contribution in [0.5, 0.6) is 0 Å². The van der Waals surface area contributed by atoms with E-state index in [4.69, 9.17) is 4.74 Å². The normalized spacial score (nSPS) is 24.6. The van der Waals surface area contributed by atoms with Crippen molar-refractivity contribution in [1.82, 2.24) is 9.80 Å². The molecule has 0 radical (unpaired) electrons. The lowest BCUT2D eigenvalue weighted by Crippen LogP contribution is -2.48. The summed E-state index contributed by atoms with van der Waals surface area (Å²) in [5.74, 6) is 0.569. The average Bonchev–Trinajstić information content (AvgIpc) is 2.48. The van der Waals surface area contributed by atoms with Crippen molar-refractivity contribution in [1.29, 1.82) is 0 Å². The Bertz CT molecular complexity index is 397. The third kappa shape index (κ3) is 7.15. The zero-order valence-corrected chi connectivity index (χ0v) is 17.5. The zero-order chi connectivity index (χ0) is 18.7. The first-order valence-corrected chi connectivity index (χ1v) is 10.3. The number of piperidine rings is 2. The second-order valence-corrected chi connectivity index (χ2v) is 10.3. The summed E-state index contributed by atoms with van der Waals surface area (Å²) in [4.78, 5) is 4.91. The summed E-state index contributed by atoms with van der Waals surface area (Å²) in [5.41, 5.74) is -0.768. The maximum Gasteiger partial charge on any atom is 0.113 e. The number of nitrogens with zero attached hydrogens (tertiary/aromatic N) is 2. The second-order valence-electron chi connectivity index (χ2n) is 10.3. The van der Waals surface area contributed by atoms with E-state index >= 15 is 4.39 Å². The molecule has 25 heavy (non-hydrogen) atoms. The van der Waals surface area contributed by atoms with Crippen LogP contribution in [0.3, 0.4) is 0 Å². The SMILES string of the molecule is CC(C)(C)OCCN1CCC(F)(CC2CCN(C(C)(C)C)CC2)CC1. The molecule has 0 N–H and O–H groups in total. The number of ether oxygens (including phenoxy) is 1. The largest absolute Gasteiger partial charge is 0.375 e. The molecule has 2 rings (SSSR count). The minimum absolute atomic E-state index is 0.0818. The predicted molar refractivity (Wildman–Crippen MR) is 104 cm³/mol. The van der Waals surface area contributed by atoms with Gasteiger partial charge in [-0.05, 0) is 92.7 Å². The van der Waals surface area contributed by atoms with E-state index in [9.17, 15) is 0 Å². The molecule has 0 aromatic rings. The van der Waals surface area contributed by atoms with E-state index in [1.165, 1.54) is 0 Å². The first-order valence-electron chi connectivity index (χ1n) is 10.3. The van der Waals surface area contributed by atoms with Gasteiger partial charge in [-0.3, -0.25) is 4.90 Å². The van der Waals surface area contributed by atoms with Gasteiger partial charge in [0.05, 0.1) is 12.2 Å². The summed E-state index contributed by atoms with van der Waals surface area (Å²) in [5, 5.41) is 0. The number of alkyl halides is 1. The molecule has 0 atom stereocenters. The lowest BCUT2D eigenvalue weighted by Gasteiger charge is -2.43. The summed E-state index contributed by atoms with van der Waals surface area (Å²) < 4.78 is 21.1. The fraction of sp³-hybridized carbons (Fsp3) is 1.00. The molecule has 0 amide bonds. The Morgan fingerprint density at radius 1 is 0.960 bits per heavy atom. The van der Waals surface area contributed by atoms with Crippen molar-refractivity contribution >= 4 is 0 Å². The minimum Gasteiger partial charge on any atom is -0.375 e. The lowest BCUT2D eigenvalue weighted by molar-refractivity contribution is -0.0278. The molecule has 2 saturated heterocycles. The molecule has 0 aromatic carbocycles. The highest BCUT2D eigenvalue weighted by atomic mass is 19.1. The van der Waals surface area contributed by atoms with Gasteiger partial charge in [0.25, 0.3) is 0 Å². The molecule has 0 bridgehead atoms. The van der Waals surface area contributed by atoms with Crippen molar-refractivity contribution in [3.8, 4) is 0 Å². The molecule has 0 aromatic heterocycles. The number of hydrogen-bond donors (Lipinski definition) is 0. The summed E-state index contributed by atoms with van der Waals surface area (Å²) in [7, 11) is 0. The van der Waals surface area contributed by atoms with Crippen LogP contribution in [-0.4, -0.2) is 65.9 Å². The predicted octanol–water partition coefficient (Wildman–Crippen LogP) is 4.51. The van der Waals surface area contributed by atoms with E-state index < -0.39 is 5.67 Å². The molecule has 0 spiro atoms. The standard InChI is InChI=1S/C21H41FN2O/c1-19(2,3)24-11-7-18(8-12-24)17-21(22)9-13-23(14-10-21)15-16-25-20(4,5)6/h18H,7-17H2,1-6H3. The van der Waals surface area contributed by atoms with Gasteiger partial charge in [0.2, 0.25) is 0 Å². The molecule has 0 saturated carbocycles. The molecule has 0 unspecified atom stereocenters. The number of hydrogen-bond acceptors (Lipinski definition) is 3. The quantitative estimate of drug-likeness (QED) is 0.721. The van der Waals surface area contributed by atoms with Crippen LogP contribution in [0.4, 0.5) is 4.39 Å². The highest BCUT2D eigenvalue weighted by Gasteiger charge is 2.38. The Morgan fingerprint density at radius 3 is 2.00 bits per heavy atom. The van der Waals surface area contributed by atoms with Crippen LogP contribution in [0, 0.1) is 5.92 Å². The van der Waals surface area contributed by atoms with Gasteiger partial charge < -0.3 is 9.64 Å². The highest BCUT2D eigenvalue weighted by Crippen LogP contribution is 2.37. The van der Waals surface area contributed by atoms with E-state index in [-0.39, 0.29) is 11.1 Å². The molecule has 3 nitrogen and oxygen atoms in total. The summed E-state index contributed by atoms with van der Waals surface area (Å²) in [6.07, 6.45) is 4.49. The average molecular weight is 357 g/mol. The van der Waals surface area contributed by atoms with Gasteiger partial charge in [-0.1, -0.05) is 0 Å². The van der Waals surface area contributed by atoms with Crippen molar-refractivity contribution in [3.63, 3.8) is 0 Å². The smallest absolute Gasteiger partial charge is 0.113 e. The topological polar surface area (TPSA) is 15.7 Å². The highest BCUT2D eigenvalue weighted by molar-refractivity contribution is 4.91. The van der Waals surface area contributed by atoms with Crippen molar-refractivity contribution in [2.24, 2.45) is 5.92 Å². The Kier molecular flexibility index (Phi) is 6.95. The van der Waals surface area contributed by atoms with Crippen molar-refractivity contribution in [3.05, 3.63) is 0 Å². The van der Waals surface area contributed by atoms with Gasteiger partial charge in [-0.25, -0.2) is 4.39 Å². The minimum atomic E-state index is -0.935. The summed E-state index contributed by atoms with van der Waals surface area (Å²) in [6, 6.07) is 0. The molecule has 2 aliphatic heterocycles. The molecule has 2 heterocycles. The van der Waals surface area contributed by atoms with E-state index in [1.54, 1.807) is 0 Å². The Morgan fingerprint density at radius 2 is 1.52 bits per heavy atom. The number of likely N-dealkylation sites (tertiary alicyclic amines) is 2. The monoisotopic (exact) mass is 356 g/mol. The van der Waals surface area contributed by atoms with E-state index in [1.807, 2.05) is 0 Å². The van der Waals surface area contributed by atoms with E-state index in [0.717, 1.165) is 58.6 Å². The zero-order valence-electron chi connectivity index (χ0n) is 17.5. The Labute approximate surface area is 155 Å². The Hall–Kier alpha value is -0.190.